The number of nitrogens with one attached hydrogen (secondary N) is 2. The van der Waals surface area contributed by atoms with Crippen LogP contribution in [0.3, 0.4) is 0 Å². The van der Waals surface area contributed by atoms with Crippen molar-refractivity contribution in [1.29, 1.82) is 0 Å². The molecule has 2 aromatic rings. The number of anilines is 2. The maximum atomic E-state index is 12.3. The third-order valence-electron chi connectivity index (χ3n) is 4.25. The fraction of sp³-hybridized carbons (Fsp3) is 0.364. The van der Waals surface area contributed by atoms with Gasteiger partial charge in [0.15, 0.2) is 0 Å². The summed E-state index contributed by atoms with van der Waals surface area (Å²) < 4.78 is 10.9. The maximum Gasteiger partial charge on any atom is 0.238 e. The van der Waals surface area contributed by atoms with E-state index < -0.39 is 0 Å². The second-order valence-electron chi connectivity index (χ2n) is 6.55. The molecule has 0 spiro atoms. The van der Waals surface area contributed by atoms with Crippen LogP contribution in [0.1, 0.15) is 20.3 Å². The summed E-state index contributed by atoms with van der Waals surface area (Å²) in [4.78, 5) is 25.4. The predicted molar refractivity (Wildman–Crippen MR) is 115 cm³/mol. The highest BCUT2D eigenvalue weighted by Crippen LogP contribution is 2.17. The van der Waals surface area contributed by atoms with E-state index in [-0.39, 0.29) is 11.8 Å². The minimum absolute atomic E-state index is 0.0739. The fourth-order valence-corrected chi connectivity index (χ4v) is 2.74. The summed E-state index contributed by atoms with van der Waals surface area (Å²) in [5, 5.41) is 5.57. The molecule has 0 unspecified atom stereocenters. The molecule has 0 aromatic heterocycles. The molecule has 0 aliphatic rings. The van der Waals surface area contributed by atoms with E-state index in [4.69, 9.17) is 9.47 Å². The first-order valence-electron chi connectivity index (χ1n) is 9.67. The monoisotopic (exact) mass is 399 g/mol. The van der Waals surface area contributed by atoms with E-state index in [1.54, 1.807) is 31.4 Å². The largest absolute Gasteiger partial charge is 0.497 e. The molecule has 7 heteroatoms. The van der Waals surface area contributed by atoms with Crippen molar-refractivity contribution in [3.05, 3.63) is 48.5 Å². The molecule has 0 fully saturated rings. The lowest BCUT2D eigenvalue weighted by Gasteiger charge is -2.20. The number of benzene rings is 2. The summed E-state index contributed by atoms with van der Waals surface area (Å²) >= 11 is 0. The summed E-state index contributed by atoms with van der Waals surface area (Å²) in [6, 6.07) is 14.5. The van der Waals surface area contributed by atoms with Gasteiger partial charge < -0.3 is 20.1 Å². The third-order valence-corrected chi connectivity index (χ3v) is 4.25. The van der Waals surface area contributed by atoms with Crippen LogP contribution in [-0.2, 0) is 9.59 Å². The molecule has 0 saturated heterocycles. The van der Waals surface area contributed by atoms with Gasteiger partial charge in [0.1, 0.15) is 11.5 Å². The lowest BCUT2D eigenvalue weighted by Crippen LogP contribution is -2.34. The third kappa shape index (κ3) is 8.23. The zero-order chi connectivity index (χ0) is 21.1. The minimum Gasteiger partial charge on any atom is -0.497 e. The number of nitrogens with zero attached hydrogens (tertiary/aromatic N) is 1. The van der Waals surface area contributed by atoms with Gasteiger partial charge in [-0.2, -0.15) is 0 Å². The molecular weight excluding hydrogens is 370 g/mol. The summed E-state index contributed by atoms with van der Waals surface area (Å²) in [6.07, 6.45) is 0.818. The quantitative estimate of drug-likeness (QED) is 0.566. The van der Waals surface area contributed by atoms with Crippen molar-refractivity contribution in [3.63, 3.8) is 0 Å². The van der Waals surface area contributed by atoms with Crippen LogP contribution in [0.2, 0.25) is 0 Å². The number of hydrogen-bond acceptors (Lipinski definition) is 5. The van der Waals surface area contributed by atoms with Crippen LogP contribution >= 0.6 is 0 Å². The molecular formula is C22H29N3O4. The Hall–Kier alpha value is -3.06. The normalized spacial score (nSPS) is 10.5. The van der Waals surface area contributed by atoms with E-state index in [1.165, 1.54) is 6.92 Å². The first-order chi connectivity index (χ1) is 14.0. The van der Waals surface area contributed by atoms with Crippen molar-refractivity contribution in [2.24, 2.45) is 0 Å². The van der Waals surface area contributed by atoms with E-state index in [2.05, 4.69) is 15.5 Å². The number of likely N-dealkylation sites (N-methyl/N-ethyl adjacent to an activating group) is 1. The second-order valence-corrected chi connectivity index (χ2v) is 6.55. The van der Waals surface area contributed by atoms with Gasteiger partial charge in [0.2, 0.25) is 11.8 Å². The van der Waals surface area contributed by atoms with Crippen molar-refractivity contribution in [1.82, 2.24) is 4.90 Å². The van der Waals surface area contributed by atoms with Crippen LogP contribution in [0.25, 0.3) is 0 Å². The lowest BCUT2D eigenvalue weighted by molar-refractivity contribution is -0.117. The van der Waals surface area contributed by atoms with E-state index >= 15 is 0 Å². The van der Waals surface area contributed by atoms with Gasteiger partial charge in [0, 0.05) is 24.8 Å². The van der Waals surface area contributed by atoms with Crippen molar-refractivity contribution >= 4 is 23.2 Å². The highest BCUT2D eigenvalue weighted by Gasteiger charge is 2.09. The van der Waals surface area contributed by atoms with Gasteiger partial charge in [-0.1, -0.05) is 6.92 Å². The van der Waals surface area contributed by atoms with Crippen LogP contribution < -0.4 is 20.1 Å². The molecule has 0 heterocycles. The molecule has 0 atom stereocenters. The molecule has 2 aromatic carbocycles. The molecule has 0 radical (unpaired) electrons. The van der Waals surface area contributed by atoms with Gasteiger partial charge >= 0.3 is 0 Å². The van der Waals surface area contributed by atoms with Crippen molar-refractivity contribution in [3.8, 4) is 11.5 Å². The van der Waals surface area contributed by atoms with Crippen LogP contribution in [0.5, 0.6) is 11.5 Å². The zero-order valence-electron chi connectivity index (χ0n) is 17.2. The summed E-state index contributed by atoms with van der Waals surface area (Å²) in [6.45, 7) is 5.91. The fourth-order valence-electron chi connectivity index (χ4n) is 2.74. The number of amides is 2. The molecule has 2 amide bonds. The SMILES string of the molecule is CCN(CCCOc1ccc(OC)cc1)CC(=O)Nc1ccc(NC(C)=O)cc1. The average Bonchev–Trinajstić information content (AvgIpc) is 2.71. The Morgan fingerprint density at radius 1 is 0.931 bits per heavy atom. The Labute approximate surface area is 172 Å². The molecule has 0 saturated carbocycles. The van der Waals surface area contributed by atoms with Crippen molar-refractivity contribution in [2.75, 3.05) is 44.0 Å². The Balaban J connectivity index is 1.71. The van der Waals surface area contributed by atoms with Crippen LogP contribution in [0.4, 0.5) is 11.4 Å². The van der Waals surface area contributed by atoms with E-state index in [0.29, 0.717) is 24.5 Å². The minimum atomic E-state index is -0.128. The van der Waals surface area contributed by atoms with Crippen LogP contribution in [-0.4, -0.2) is 50.1 Å². The Morgan fingerprint density at radius 2 is 1.52 bits per heavy atom. The standard InChI is InChI=1S/C22H29N3O4/c1-4-25(14-5-15-29-21-12-10-20(28-3)11-13-21)16-22(27)24-19-8-6-18(7-9-19)23-17(2)26/h6-13H,4-5,14-16H2,1-3H3,(H,23,26)(H,24,27). The van der Waals surface area contributed by atoms with Crippen LogP contribution in [0, 0.1) is 0 Å². The van der Waals surface area contributed by atoms with E-state index in [1.807, 2.05) is 31.2 Å². The second kappa shape index (κ2) is 11.7. The first kappa shape index (κ1) is 22.2. The molecule has 0 aliphatic heterocycles. The Bertz CT molecular complexity index is 776. The number of carbonyl (C=O) groups is 2. The lowest BCUT2D eigenvalue weighted by atomic mass is 10.2. The van der Waals surface area contributed by atoms with Gasteiger partial charge in [-0.25, -0.2) is 0 Å². The van der Waals surface area contributed by atoms with Crippen molar-refractivity contribution in [2.45, 2.75) is 20.3 Å². The molecule has 2 rings (SSSR count). The van der Waals surface area contributed by atoms with E-state index in [0.717, 1.165) is 31.0 Å². The number of ether oxygens (including phenoxy) is 2. The number of carbonyl (C=O) groups excluding carboxylic acids is 2. The topological polar surface area (TPSA) is 79.9 Å². The Kier molecular flexibility index (Phi) is 8.98. The highest BCUT2D eigenvalue weighted by molar-refractivity contribution is 5.93. The van der Waals surface area contributed by atoms with Gasteiger partial charge in [-0.15, -0.1) is 0 Å². The number of hydrogen-bond donors (Lipinski definition) is 2. The molecule has 156 valence electrons. The molecule has 2 N–H and O–H groups in total. The zero-order valence-corrected chi connectivity index (χ0v) is 17.2. The molecule has 0 bridgehead atoms. The smallest absolute Gasteiger partial charge is 0.238 e. The number of rotatable bonds is 11. The summed E-state index contributed by atoms with van der Waals surface area (Å²) in [5.74, 6) is 1.39. The predicted octanol–water partition coefficient (Wildman–Crippen LogP) is 3.38. The average molecular weight is 399 g/mol. The maximum absolute atomic E-state index is 12.3. The summed E-state index contributed by atoms with van der Waals surface area (Å²) in [5.41, 5.74) is 1.39. The summed E-state index contributed by atoms with van der Waals surface area (Å²) in [7, 11) is 1.63. The van der Waals surface area contributed by atoms with Gasteiger partial charge in [-0.3, -0.25) is 14.5 Å². The molecule has 0 aliphatic carbocycles. The van der Waals surface area contributed by atoms with Gasteiger partial charge in [-0.05, 0) is 61.5 Å². The van der Waals surface area contributed by atoms with E-state index in [9.17, 15) is 9.59 Å². The number of methoxy groups -OCH3 is 1. The van der Waals surface area contributed by atoms with Gasteiger partial charge in [0.25, 0.3) is 0 Å². The first-order valence-corrected chi connectivity index (χ1v) is 9.67. The highest BCUT2D eigenvalue weighted by atomic mass is 16.5. The Morgan fingerprint density at radius 3 is 2.07 bits per heavy atom. The van der Waals surface area contributed by atoms with Crippen molar-refractivity contribution < 1.29 is 19.1 Å². The molecule has 29 heavy (non-hydrogen) atoms. The van der Waals surface area contributed by atoms with Gasteiger partial charge in [0.05, 0.1) is 20.3 Å². The van der Waals surface area contributed by atoms with Crippen LogP contribution in [0.15, 0.2) is 48.5 Å². The molecule has 7 nitrogen and oxygen atoms in total.